The molecule has 1 atom stereocenters. The largest absolute Gasteiger partial charge is 0.327 e. The summed E-state index contributed by atoms with van der Waals surface area (Å²) in [5.74, 6) is 1.62. The van der Waals surface area contributed by atoms with Crippen LogP contribution in [-0.2, 0) is 5.75 Å². The molecule has 1 unspecified atom stereocenters. The summed E-state index contributed by atoms with van der Waals surface area (Å²) in [5.41, 5.74) is 6.92. The monoisotopic (exact) mass is 291 g/mol. The van der Waals surface area contributed by atoms with Gasteiger partial charge in [-0.25, -0.2) is 4.39 Å². The fourth-order valence-corrected chi connectivity index (χ4v) is 2.57. The van der Waals surface area contributed by atoms with E-state index >= 15 is 0 Å². The standard InChI is InChI=1S/C11H15BrFNS/c1-2-9(14)7-15-6-8-3-4-11(13)10(12)5-8/h3-5,9H,2,6-7,14H2,1H3. The Kier molecular flexibility index (Phi) is 5.64. The Morgan fingerprint density at radius 2 is 2.27 bits per heavy atom. The fourth-order valence-electron chi connectivity index (χ4n) is 1.08. The molecule has 2 N–H and O–H groups in total. The molecule has 1 nitrogen and oxygen atoms in total. The number of hydrogen-bond donors (Lipinski definition) is 1. The molecule has 0 heterocycles. The zero-order valence-corrected chi connectivity index (χ0v) is 11.1. The Morgan fingerprint density at radius 3 is 2.87 bits per heavy atom. The Labute approximate surface area is 103 Å². The number of nitrogens with two attached hydrogens (primary N) is 1. The van der Waals surface area contributed by atoms with Gasteiger partial charge in [-0.2, -0.15) is 11.8 Å². The van der Waals surface area contributed by atoms with Gasteiger partial charge in [-0.05, 0) is 40.0 Å². The van der Waals surface area contributed by atoms with Gasteiger partial charge in [0.05, 0.1) is 4.47 Å². The Bertz CT molecular complexity index is 319. The van der Waals surface area contributed by atoms with Crippen LogP contribution in [0.25, 0.3) is 0 Å². The number of benzene rings is 1. The normalized spacial score (nSPS) is 12.8. The third-order valence-electron chi connectivity index (χ3n) is 2.11. The van der Waals surface area contributed by atoms with Crippen LogP contribution in [0.4, 0.5) is 4.39 Å². The van der Waals surface area contributed by atoms with Crippen LogP contribution in [0.5, 0.6) is 0 Å². The summed E-state index contributed by atoms with van der Waals surface area (Å²) in [6.07, 6.45) is 1.00. The molecule has 15 heavy (non-hydrogen) atoms. The molecule has 0 saturated carbocycles. The van der Waals surface area contributed by atoms with Gasteiger partial charge >= 0.3 is 0 Å². The van der Waals surface area contributed by atoms with Crippen molar-refractivity contribution >= 4 is 27.7 Å². The zero-order chi connectivity index (χ0) is 11.3. The van der Waals surface area contributed by atoms with Gasteiger partial charge in [0.15, 0.2) is 0 Å². The maximum absolute atomic E-state index is 12.9. The lowest BCUT2D eigenvalue weighted by atomic mass is 10.2. The molecule has 0 amide bonds. The highest BCUT2D eigenvalue weighted by atomic mass is 79.9. The van der Waals surface area contributed by atoms with Crippen molar-refractivity contribution in [2.75, 3.05) is 5.75 Å². The van der Waals surface area contributed by atoms with Gasteiger partial charge in [0.2, 0.25) is 0 Å². The minimum atomic E-state index is -0.214. The van der Waals surface area contributed by atoms with E-state index in [1.54, 1.807) is 11.8 Å². The van der Waals surface area contributed by atoms with Crippen LogP contribution in [0.1, 0.15) is 18.9 Å². The van der Waals surface area contributed by atoms with Crippen molar-refractivity contribution in [1.29, 1.82) is 0 Å². The lowest BCUT2D eigenvalue weighted by Crippen LogP contribution is -2.21. The van der Waals surface area contributed by atoms with Gasteiger partial charge in [-0.3, -0.25) is 0 Å². The summed E-state index contributed by atoms with van der Waals surface area (Å²) >= 11 is 4.96. The molecule has 4 heteroatoms. The van der Waals surface area contributed by atoms with Gasteiger partial charge in [-0.1, -0.05) is 13.0 Å². The van der Waals surface area contributed by atoms with Crippen molar-refractivity contribution in [3.05, 3.63) is 34.1 Å². The molecular formula is C11H15BrFNS. The maximum Gasteiger partial charge on any atom is 0.137 e. The molecule has 84 valence electrons. The minimum absolute atomic E-state index is 0.214. The molecule has 0 aromatic heterocycles. The summed E-state index contributed by atoms with van der Waals surface area (Å²) < 4.78 is 13.5. The van der Waals surface area contributed by atoms with Crippen molar-refractivity contribution < 1.29 is 4.39 Å². The first-order valence-corrected chi connectivity index (χ1v) is 6.85. The van der Waals surface area contributed by atoms with Crippen molar-refractivity contribution in [1.82, 2.24) is 0 Å². The van der Waals surface area contributed by atoms with E-state index in [2.05, 4.69) is 22.9 Å². The van der Waals surface area contributed by atoms with Crippen molar-refractivity contribution in [2.24, 2.45) is 5.73 Å². The maximum atomic E-state index is 12.9. The van der Waals surface area contributed by atoms with E-state index in [-0.39, 0.29) is 11.9 Å². The first kappa shape index (κ1) is 13.0. The summed E-state index contributed by atoms with van der Waals surface area (Å²) in [5, 5.41) is 0. The van der Waals surface area contributed by atoms with E-state index in [9.17, 15) is 4.39 Å². The van der Waals surface area contributed by atoms with E-state index in [0.717, 1.165) is 23.5 Å². The van der Waals surface area contributed by atoms with Crippen molar-refractivity contribution in [2.45, 2.75) is 25.1 Å². The summed E-state index contributed by atoms with van der Waals surface area (Å²) in [6.45, 7) is 2.08. The molecule has 0 spiro atoms. The second-order valence-corrected chi connectivity index (χ2v) is 5.32. The van der Waals surface area contributed by atoms with Gasteiger partial charge in [-0.15, -0.1) is 0 Å². The SMILES string of the molecule is CCC(N)CSCc1ccc(F)c(Br)c1. The lowest BCUT2D eigenvalue weighted by Gasteiger charge is -2.08. The average molecular weight is 292 g/mol. The molecule has 0 aliphatic carbocycles. The molecule has 1 aromatic carbocycles. The fraction of sp³-hybridized carbons (Fsp3) is 0.455. The van der Waals surface area contributed by atoms with Crippen LogP contribution in [-0.4, -0.2) is 11.8 Å². The smallest absolute Gasteiger partial charge is 0.137 e. The number of rotatable bonds is 5. The van der Waals surface area contributed by atoms with Crippen LogP contribution >= 0.6 is 27.7 Å². The van der Waals surface area contributed by atoms with Crippen LogP contribution in [0.15, 0.2) is 22.7 Å². The van der Waals surface area contributed by atoms with Crippen molar-refractivity contribution in [3.63, 3.8) is 0 Å². The predicted molar refractivity (Wildman–Crippen MR) is 68.5 cm³/mol. The van der Waals surface area contributed by atoms with Gasteiger partial charge in [0.1, 0.15) is 5.82 Å². The van der Waals surface area contributed by atoms with Crippen LogP contribution in [0, 0.1) is 5.82 Å². The highest BCUT2D eigenvalue weighted by molar-refractivity contribution is 9.10. The molecule has 1 rings (SSSR count). The molecular weight excluding hydrogens is 277 g/mol. The van der Waals surface area contributed by atoms with Gasteiger partial charge < -0.3 is 5.73 Å². The number of hydrogen-bond acceptors (Lipinski definition) is 2. The van der Waals surface area contributed by atoms with Crippen LogP contribution < -0.4 is 5.73 Å². The third kappa shape index (κ3) is 4.53. The lowest BCUT2D eigenvalue weighted by molar-refractivity contribution is 0.620. The zero-order valence-electron chi connectivity index (χ0n) is 8.67. The van der Waals surface area contributed by atoms with E-state index in [1.165, 1.54) is 6.07 Å². The van der Waals surface area contributed by atoms with Gasteiger partial charge in [0, 0.05) is 17.5 Å². The number of thioether (sulfide) groups is 1. The highest BCUT2D eigenvalue weighted by Gasteiger charge is 2.02. The predicted octanol–water partition coefficient (Wildman–Crippen LogP) is 3.56. The molecule has 1 aromatic rings. The van der Waals surface area contributed by atoms with Crippen molar-refractivity contribution in [3.8, 4) is 0 Å². The molecule has 0 aliphatic rings. The first-order chi connectivity index (χ1) is 7.13. The summed E-state index contributed by atoms with van der Waals surface area (Å²) in [7, 11) is 0. The van der Waals surface area contributed by atoms with E-state index in [4.69, 9.17) is 5.73 Å². The quantitative estimate of drug-likeness (QED) is 0.898. The van der Waals surface area contributed by atoms with Crippen LogP contribution in [0.3, 0.4) is 0 Å². The topological polar surface area (TPSA) is 26.0 Å². The van der Waals surface area contributed by atoms with Crippen LogP contribution in [0.2, 0.25) is 0 Å². The molecule has 0 radical (unpaired) electrons. The van der Waals surface area contributed by atoms with E-state index in [1.807, 2.05) is 12.1 Å². The summed E-state index contributed by atoms with van der Waals surface area (Å²) in [4.78, 5) is 0. The Balaban J connectivity index is 2.41. The third-order valence-corrected chi connectivity index (χ3v) is 3.92. The second-order valence-electron chi connectivity index (χ2n) is 3.43. The summed E-state index contributed by atoms with van der Waals surface area (Å²) in [6, 6.07) is 5.38. The molecule has 0 aliphatic heterocycles. The number of halogens is 2. The molecule has 0 saturated heterocycles. The Hall–Kier alpha value is -0.0600. The molecule has 0 fully saturated rings. The van der Waals surface area contributed by atoms with E-state index < -0.39 is 0 Å². The molecule has 0 bridgehead atoms. The average Bonchev–Trinajstić information content (AvgIpc) is 2.23. The minimum Gasteiger partial charge on any atom is -0.327 e. The first-order valence-electron chi connectivity index (χ1n) is 4.90. The van der Waals surface area contributed by atoms with E-state index in [0.29, 0.717) is 4.47 Å². The van der Waals surface area contributed by atoms with Gasteiger partial charge in [0.25, 0.3) is 0 Å². The Morgan fingerprint density at radius 1 is 1.53 bits per heavy atom. The second kappa shape index (κ2) is 6.51. The highest BCUT2D eigenvalue weighted by Crippen LogP contribution is 2.20.